The molecule has 0 rings (SSSR count). The maximum Gasteiger partial charge on any atom is 0.227 e. The zero-order chi connectivity index (χ0) is 11.0. The average molecular weight is 239 g/mol. The first-order valence-corrected chi connectivity index (χ1v) is 6.30. The molecule has 1 nitrogen and oxygen atoms in total. The Hall–Kier alpha value is 0.250. The van der Waals surface area contributed by atoms with Gasteiger partial charge in [-0.25, -0.2) is 0 Å². The number of rotatable bonds is 8. The molecule has 84 valence electrons. The SMILES string of the molecule is CCCCC(CC)(CCCCl)C(=O)Cl. The average Bonchev–Trinajstić information content (AvgIpc) is 2.18. The van der Waals surface area contributed by atoms with Crippen molar-refractivity contribution in [3.8, 4) is 0 Å². The minimum absolute atomic E-state index is 0.182. The monoisotopic (exact) mass is 238 g/mol. The van der Waals surface area contributed by atoms with E-state index in [0.29, 0.717) is 5.88 Å². The molecule has 0 spiro atoms. The third-order valence-corrected chi connectivity index (χ3v) is 3.56. The second kappa shape index (κ2) is 7.53. The first-order valence-electron chi connectivity index (χ1n) is 5.39. The van der Waals surface area contributed by atoms with E-state index in [1.165, 1.54) is 0 Å². The zero-order valence-corrected chi connectivity index (χ0v) is 10.6. The molecule has 0 aromatic carbocycles. The molecule has 1 atom stereocenters. The summed E-state index contributed by atoms with van der Waals surface area (Å²) in [6, 6.07) is 0. The Balaban J connectivity index is 4.35. The molecular weight excluding hydrogens is 219 g/mol. The van der Waals surface area contributed by atoms with Crippen LogP contribution in [0, 0.1) is 5.41 Å². The van der Waals surface area contributed by atoms with Gasteiger partial charge in [-0.1, -0.05) is 26.7 Å². The van der Waals surface area contributed by atoms with E-state index in [-0.39, 0.29) is 10.7 Å². The molecule has 0 aromatic rings. The van der Waals surface area contributed by atoms with E-state index in [4.69, 9.17) is 23.2 Å². The Kier molecular flexibility index (Phi) is 7.66. The van der Waals surface area contributed by atoms with Crippen LogP contribution in [0.5, 0.6) is 0 Å². The summed E-state index contributed by atoms with van der Waals surface area (Å²) < 4.78 is 0. The summed E-state index contributed by atoms with van der Waals surface area (Å²) in [5.74, 6) is 0.609. The van der Waals surface area contributed by atoms with Crippen molar-refractivity contribution in [1.29, 1.82) is 0 Å². The minimum atomic E-state index is -0.313. The smallest absolute Gasteiger partial charge is 0.227 e. The maximum absolute atomic E-state index is 11.4. The van der Waals surface area contributed by atoms with Crippen molar-refractivity contribution in [2.45, 2.75) is 52.4 Å². The Morgan fingerprint density at radius 1 is 1.21 bits per heavy atom. The zero-order valence-electron chi connectivity index (χ0n) is 9.11. The molecular formula is C11H20Cl2O. The van der Waals surface area contributed by atoms with Gasteiger partial charge in [0.15, 0.2) is 0 Å². The standard InChI is InChI=1S/C11H20Cl2O/c1-3-5-7-11(4-2,10(13)14)8-6-9-12/h3-9H2,1-2H3. The molecule has 0 aliphatic carbocycles. The second-order valence-electron chi connectivity index (χ2n) is 3.80. The Morgan fingerprint density at radius 2 is 1.79 bits per heavy atom. The van der Waals surface area contributed by atoms with Crippen LogP contribution in [-0.4, -0.2) is 11.1 Å². The van der Waals surface area contributed by atoms with Crippen LogP contribution in [0.3, 0.4) is 0 Å². The van der Waals surface area contributed by atoms with Gasteiger partial charge >= 0.3 is 0 Å². The van der Waals surface area contributed by atoms with Crippen LogP contribution in [0.1, 0.15) is 52.4 Å². The van der Waals surface area contributed by atoms with Crippen molar-refractivity contribution in [2.24, 2.45) is 5.41 Å². The van der Waals surface area contributed by atoms with Gasteiger partial charge in [0.25, 0.3) is 0 Å². The molecule has 0 amide bonds. The maximum atomic E-state index is 11.4. The van der Waals surface area contributed by atoms with Crippen molar-refractivity contribution in [3.05, 3.63) is 0 Å². The van der Waals surface area contributed by atoms with E-state index in [1.807, 2.05) is 6.92 Å². The van der Waals surface area contributed by atoms with E-state index >= 15 is 0 Å². The second-order valence-corrected chi connectivity index (χ2v) is 4.52. The molecule has 0 aliphatic rings. The van der Waals surface area contributed by atoms with Crippen LogP contribution in [0.25, 0.3) is 0 Å². The van der Waals surface area contributed by atoms with Crippen molar-refractivity contribution >= 4 is 28.4 Å². The van der Waals surface area contributed by atoms with Crippen LogP contribution in [-0.2, 0) is 4.79 Å². The molecule has 0 N–H and O–H groups in total. The molecule has 0 saturated heterocycles. The summed E-state index contributed by atoms with van der Waals surface area (Å²) in [6.45, 7) is 4.16. The van der Waals surface area contributed by atoms with Crippen molar-refractivity contribution in [1.82, 2.24) is 0 Å². The molecule has 0 aliphatic heterocycles. The molecule has 1 unspecified atom stereocenters. The van der Waals surface area contributed by atoms with Gasteiger partial charge in [0.2, 0.25) is 5.24 Å². The van der Waals surface area contributed by atoms with E-state index in [2.05, 4.69) is 6.92 Å². The van der Waals surface area contributed by atoms with Crippen LogP contribution < -0.4 is 0 Å². The van der Waals surface area contributed by atoms with E-state index in [9.17, 15) is 4.79 Å². The van der Waals surface area contributed by atoms with Gasteiger partial charge in [-0.15, -0.1) is 11.6 Å². The fraction of sp³-hybridized carbons (Fsp3) is 0.909. The van der Waals surface area contributed by atoms with Crippen LogP contribution in [0.4, 0.5) is 0 Å². The van der Waals surface area contributed by atoms with Gasteiger partial charge in [0.1, 0.15) is 0 Å². The van der Waals surface area contributed by atoms with E-state index < -0.39 is 0 Å². The third-order valence-electron chi connectivity index (χ3n) is 2.89. The Morgan fingerprint density at radius 3 is 2.14 bits per heavy atom. The lowest BCUT2D eigenvalue weighted by molar-refractivity contribution is -0.121. The molecule has 0 saturated carbocycles. The van der Waals surface area contributed by atoms with Gasteiger partial charge in [0, 0.05) is 11.3 Å². The Labute approximate surface area is 97.2 Å². The lowest BCUT2D eigenvalue weighted by Gasteiger charge is -2.28. The molecule has 0 heterocycles. The van der Waals surface area contributed by atoms with Crippen molar-refractivity contribution in [3.63, 3.8) is 0 Å². The molecule has 0 radical (unpaired) electrons. The van der Waals surface area contributed by atoms with E-state index in [1.54, 1.807) is 0 Å². The van der Waals surface area contributed by atoms with Crippen LogP contribution in [0.15, 0.2) is 0 Å². The predicted octanol–water partition coefficient (Wildman–Crippen LogP) is 4.36. The van der Waals surface area contributed by atoms with Crippen molar-refractivity contribution < 1.29 is 4.79 Å². The van der Waals surface area contributed by atoms with Gasteiger partial charge in [0.05, 0.1) is 0 Å². The fourth-order valence-corrected chi connectivity index (χ4v) is 2.19. The van der Waals surface area contributed by atoms with Gasteiger partial charge < -0.3 is 0 Å². The fourth-order valence-electron chi connectivity index (χ4n) is 1.73. The highest BCUT2D eigenvalue weighted by Crippen LogP contribution is 2.36. The van der Waals surface area contributed by atoms with Crippen LogP contribution in [0.2, 0.25) is 0 Å². The molecule has 3 heteroatoms. The molecule has 14 heavy (non-hydrogen) atoms. The molecule has 0 aromatic heterocycles. The summed E-state index contributed by atoms with van der Waals surface area (Å²) in [5, 5.41) is -0.182. The van der Waals surface area contributed by atoms with Gasteiger partial charge in [-0.3, -0.25) is 4.79 Å². The van der Waals surface area contributed by atoms with Gasteiger partial charge in [-0.2, -0.15) is 0 Å². The van der Waals surface area contributed by atoms with E-state index in [0.717, 1.165) is 38.5 Å². The third kappa shape index (κ3) is 4.18. The number of hydrogen-bond acceptors (Lipinski definition) is 1. The summed E-state index contributed by atoms with van der Waals surface area (Å²) in [5.41, 5.74) is -0.313. The number of carbonyl (C=O) groups is 1. The minimum Gasteiger partial charge on any atom is -0.281 e. The quantitative estimate of drug-likeness (QED) is 0.454. The first-order chi connectivity index (χ1) is 6.63. The summed E-state index contributed by atoms with van der Waals surface area (Å²) >= 11 is 11.3. The number of hydrogen-bond donors (Lipinski definition) is 0. The van der Waals surface area contributed by atoms with Crippen LogP contribution >= 0.6 is 23.2 Å². The largest absolute Gasteiger partial charge is 0.281 e. The topological polar surface area (TPSA) is 17.1 Å². The Bertz CT molecular complexity index is 161. The summed E-state index contributed by atoms with van der Waals surface area (Å²) in [7, 11) is 0. The lowest BCUT2D eigenvalue weighted by atomic mass is 9.78. The highest BCUT2D eigenvalue weighted by atomic mass is 35.5. The normalized spacial score (nSPS) is 15.1. The predicted molar refractivity (Wildman–Crippen MR) is 63.1 cm³/mol. The highest BCUT2D eigenvalue weighted by Gasteiger charge is 2.33. The lowest BCUT2D eigenvalue weighted by Crippen LogP contribution is -2.27. The summed E-state index contributed by atoms with van der Waals surface area (Å²) in [6.07, 6.45) is 5.60. The molecule has 0 bridgehead atoms. The summed E-state index contributed by atoms with van der Waals surface area (Å²) in [4.78, 5) is 11.4. The number of alkyl halides is 1. The number of unbranched alkanes of at least 4 members (excludes halogenated alkanes) is 1. The highest BCUT2D eigenvalue weighted by molar-refractivity contribution is 6.64. The van der Waals surface area contributed by atoms with Gasteiger partial charge in [-0.05, 0) is 37.3 Å². The first kappa shape index (κ1) is 14.2. The number of carbonyl (C=O) groups excluding carboxylic acids is 1. The van der Waals surface area contributed by atoms with Crippen molar-refractivity contribution in [2.75, 3.05) is 5.88 Å². The molecule has 0 fully saturated rings. The number of halogens is 2.